The van der Waals surface area contributed by atoms with Gasteiger partial charge in [0.1, 0.15) is 5.76 Å². The predicted molar refractivity (Wildman–Crippen MR) is 93.0 cm³/mol. The summed E-state index contributed by atoms with van der Waals surface area (Å²) >= 11 is 3.25. The molecule has 0 unspecified atom stereocenters. The van der Waals surface area contributed by atoms with Gasteiger partial charge in [0, 0.05) is 17.1 Å². The van der Waals surface area contributed by atoms with Crippen LogP contribution in [-0.2, 0) is 14.8 Å². The molecule has 0 saturated carbocycles. The standard InChI is InChI=1S/C15H16BrN3O4S/c1-3-8-19(10-15(20)17-14-9-11(2)23-18-14)24(21,22)13-6-4-12(16)5-7-13/h3-7,9H,1,8,10H2,2H3,(H,17,18,20). The molecule has 2 rings (SSSR count). The number of nitrogens with zero attached hydrogens (tertiary/aromatic N) is 2. The smallest absolute Gasteiger partial charge is 0.243 e. The third kappa shape index (κ3) is 4.53. The summed E-state index contributed by atoms with van der Waals surface area (Å²) < 4.78 is 32.0. The van der Waals surface area contributed by atoms with Crippen molar-refractivity contribution in [1.29, 1.82) is 0 Å². The van der Waals surface area contributed by atoms with Crippen molar-refractivity contribution in [1.82, 2.24) is 9.46 Å². The minimum atomic E-state index is -3.83. The van der Waals surface area contributed by atoms with E-state index < -0.39 is 15.9 Å². The van der Waals surface area contributed by atoms with Gasteiger partial charge >= 0.3 is 0 Å². The van der Waals surface area contributed by atoms with Crippen LogP contribution in [0.2, 0.25) is 0 Å². The molecule has 0 aliphatic heterocycles. The Hall–Kier alpha value is -1.97. The molecule has 7 nitrogen and oxygen atoms in total. The molecule has 0 aliphatic carbocycles. The molecular weight excluding hydrogens is 398 g/mol. The monoisotopic (exact) mass is 413 g/mol. The molecule has 0 atom stereocenters. The SMILES string of the molecule is C=CCN(CC(=O)Nc1cc(C)on1)S(=O)(=O)c1ccc(Br)cc1. The van der Waals surface area contributed by atoms with E-state index in [0.29, 0.717) is 5.76 Å². The van der Waals surface area contributed by atoms with Crippen LogP contribution in [0.15, 0.2) is 56.9 Å². The highest BCUT2D eigenvalue weighted by Crippen LogP contribution is 2.19. The zero-order valence-electron chi connectivity index (χ0n) is 12.9. The minimum Gasteiger partial charge on any atom is -0.360 e. The Morgan fingerprint density at radius 3 is 2.62 bits per heavy atom. The lowest BCUT2D eigenvalue weighted by atomic mass is 10.4. The number of benzene rings is 1. The number of sulfonamides is 1. The second-order valence-corrected chi connectivity index (χ2v) is 7.76. The molecule has 1 heterocycles. The third-order valence-electron chi connectivity index (χ3n) is 3.00. The first-order valence-corrected chi connectivity index (χ1v) is 9.16. The molecule has 0 fully saturated rings. The zero-order valence-corrected chi connectivity index (χ0v) is 15.3. The highest BCUT2D eigenvalue weighted by atomic mass is 79.9. The van der Waals surface area contributed by atoms with E-state index in [4.69, 9.17) is 4.52 Å². The van der Waals surface area contributed by atoms with Crippen molar-refractivity contribution in [2.24, 2.45) is 0 Å². The number of amides is 1. The number of carbonyl (C=O) groups excluding carboxylic acids is 1. The predicted octanol–water partition coefficient (Wildman–Crippen LogP) is 2.56. The molecular formula is C15H16BrN3O4S. The largest absolute Gasteiger partial charge is 0.360 e. The minimum absolute atomic E-state index is 0.00363. The fraction of sp³-hybridized carbons (Fsp3) is 0.200. The normalized spacial score (nSPS) is 11.5. The first-order valence-electron chi connectivity index (χ1n) is 6.92. The average molecular weight is 414 g/mol. The van der Waals surface area contributed by atoms with Crippen LogP contribution in [0.25, 0.3) is 0 Å². The van der Waals surface area contributed by atoms with Gasteiger partial charge in [-0.05, 0) is 31.2 Å². The number of hydrogen-bond donors (Lipinski definition) is 1. The summed E-state index contributed by atoms with van der Waals surface area (Å²) in [5.74, 6) is 0.249. The van der Waals surface area contributed by atoms with Gasteiger partial charge < -0.3 is 9.84 Å². The summed E-state index contributed by atoms with van der Waals surface area (Å²) in [7, 11) is -3.83. The Bertz CT molecular complexity index is 831. The van der Waals surface area contributed by atoms with E-state index in [1.807, 2.05) is 0 Å². The highest BCUT2D eigenvalue weighted by Gasteiger charge is 2.26. The van der Waals surface area contributed by atoms with Crippen molar-refractivity contribution in [2.75, 3.05) is 18.4 Å². The van der Waals surface area contributed by atoms with E-state index in [-0.39, 0.29) is 23.8 Å². The molecule has 1 aromatic heterocycles. The fourth-order valence-electron chi connectivity index (χ4n) is 1.92. The van der Waals surface area contributed by atoms with Crippen LogP contribution in [0.5, 0.6) is 0 Å². The quantitative estimate of drug-likeness (QED) is 0.703. The molecule has 2 aromatic rings. The van der Waals surface area contributed by atoms with Crippen molar-refractivity contribution in [3.05, 3.63) is 53.2 Å². The van der Waals surface area contributed by atoms with E-state index in [2.05, 4.69) is 33.0 Å². The first-order chi connectivity index (χ1) is 11.3. The summed E-state index contributed by atoms with van der Waals surface area (Å²) in [4.78, 5) is 12.2. The van der Waals surface area contributed by atoms with E-state index in [9.17, 15) is 13.2 Å². The van der Waals surface area contributed by atoms with Crippen LogP contribution < -0.4 is 5.32 Å². The van der Waals surface area contributed by atoms with Gasteiger partial charge in [0.2, 0.25) is 15.9 Å². The Labute approximate surface area is 148 Å². The van der Waals surface area contributed by atoms with E-state index in [1.54, 1.807) is 25.1 Å². The average Bonchev–Trinajstić information content (AvgIpc) is 2.92. The summed E-state index contributed by atoms with van der Waals surface area (Å²) in [5, 5.41) is 6.13. The van der Waals surface area contributed by atoms with Gasteiger partial charge in [0.25, 0.3) is 0 Å². The van der Waals surface area contributed by atoms with Gasteiger partial charge in [0.05, 0.1) is 11.4 Å². The van der Waals surface area contributed by atoms with Crippen molar-refractivity contribution in [2.45, 2.75) is 11.8 Å². The lowest BCUT2D eigenvalue weighted by molar-refractivity contribution is -0.116. The van der Waals surface area contributed by atoms with Crippen molar-refractivity contribution >= 4 is 37.7 Å². The third-order valence-corrected chi connectivity index (χ3v) is 5.35. The van der Waals surface area contributed by atoms with E-state index >= 15 is 0 Å². The van der Waals surface area contributed by atoms with Crippen LogP contribution in [-0.4, -0.2) is 36.9 Å². The number of hydrogen-bond acceptors (Lipinski definition) is 5. The van der Waals surface area contributed by atoms with Gasteiger partial charge in [-0.15, -0.1) is 6.58 Å². The molecule has 24 heavy (non-hydrogen) atoms. The van der Waals surface area contributed by atoms with Crippen molar-refractivity contribution < 1.29 is 17.7 Å². The van der Waals surface area contributed by atoms with Crippen molar-refractivity contribution in [3.8, 4) is 0 Å². The number of nitrogens with one attached hydrogen (secondary N) is 1. The second-order valence-electron chi connectivity index (χ2n) is 4.91. The van der Waals surface area contributed by atoms with Gasteiger partial charge in [-0.1, -0.05) is 27.2 Å². The lowest BCUT2D eigenvalue weighted by Gasteiger charge is -2.20. The Kier molecular flexibility index (Phi) is 5.92. The lowest BCUT2D eigenvalue weighted by Crippen LogP contribution is -2.38. The van der Waals surface area contributed by atoms with E-state index in [0.717, 1.165) is 8.78 Å². The molecule has 9 heteroatoms. The van der Waals surface area contributed by atoms with Crippen LogP contribution in [0, 0.1) is 6.92 Å². The van der Waals surface area contributed by atoms with Crippen LogP contribution in [0.1, 0.15) is 5.76 Å². The zero-order chi connectivity index (χ0) is 17.7. The molecule has 1 aromatic carbocycles. The maximum atomic E-state index is 12.7. The Morgan fingerprint density at radius 1 is 1.42 bits per heavy atom. The van der Waals surface area contributed by atoms with Crippen LogP contribution >= 0.6 is 15.9 Å². The second kappa shape index (κ2) is 7.73. The number of carbonyl (C=O) groups is 1. The molecule has 0 radical (unpaired) electrons. The number of aryl methyl sites for hydroxylation is 1. The molecule has 0 aliphatic rings. The Balaban J connectivity index is 2.17. The summed E-state index contributed by atoms with van der Waals surface area (Å²) in [5.41, 5.74) is 0. The summed E-state index contributed by atoms with van der Waals surface area (Å²) in [6.07, 6.45) is 1.42. The van der Waals surface area contributed by atoms with Gasteiger partial charge in [-0.2, -0.15) is 4.31 Å². The van der Waals surface area contributed by atoms with Crippen LogP contribution in [0.3, 0.4) is 0 Å². The number of rotatable bonds is 7. The van der Waals surface area contributed by atoms with Gasteiger partial charge in [0.15, 0.2) is 5.82 Å². The molecule has 128 valence electrons. The fourth-order valence-corrected chi connectivity index (χ4v) is 3.55. The van der Waals surface area contributed by atoms with Crippen molar-refractivity contribution in [3.63, 3.8) is 0 Å². The number of aromatic nitrogens is 1. The topological polar surface area (TPSA) is 92.5 Å². The molecule has 0 saturated heterocycles. The van der Waals surface area contributed by atoms with E-state index in [1.165, 1.54) is 18.2 Å². The maximum absolute atomic E-state index is 12.7. The molecule has 0 spiro atoms. The molecule has 1 N–H and O–H groups in total. The highest BCUT2D eigenvalue weighted by molar-refractivity contribution is 9.10. The van der Waals surface area contributed by atoms with Crippen LogP contribution in [0.4, 0.5) is 5.82 Å². The summed E-state index contributed by atoms with van der Waals surface area (Å²) in [6, 6.07) is 7.72. The first kappa shape index (κ1) is 18.4. The molecule has 0 bridgehead atoms. The Morgan fingerprint density at radius 2 is 2.08 bits per heavy atom. The molecule has 1 amide bonds. The van der Waals surface area contributed by atoms with Gasteiger partial charge in [-0.25, -0.2) is 8.42 Å². The maximum Gasteiger partial charge on any atom is 0.243 e. The van der Waals surface area contributed by atoms with Gasteiger partial charge in [-0.3, -0.25) is 4.79 Å². The summed E-state index contributed by atoms with van der Waals surface area (Å²) in [6.45, 7) is 4.87. The number of halogens is 1. The number of anilines is 1.